The number of rotatable bonds is 3. The molecule has 3 aromatic rings. The number of pyridine rings is 1. The molecule has 0 atom stereocenters. The topological polar surface area (TPSA) is 69.0 Å². The van der Waals surface area contributed by atoms with Crippen molar-refractivity contribution in [2.75, 3.05) is 16.8 Å². The summed E-state index contributed by atoms with van der Waals surface area (Å²) in [5.74, 6) is -0.642. The largest absolute Gasteiger partial charge is 0.354 e. The maximum Gasteiger partial charge on any atom is 0.259 e. The lowest BCUT2D eigenvalue weighted by Gasteiger charge is -2.17. The predicted molar refractivity (Wildman–Crippen MR) is 100 cm³/mol. The molecule has 1 aromatic heterocycles. The molecule has 4 rings (SSSR count). The highest BCUT2D eigenvalue weighted by molar-refractivity contribution is 6.07. The summed E-state index contributed by atoms with van der Waals surface area (Å²) in [6.45, 7) is 0.593. The third kappa shape index (κ3) is 3.11. The summed E-state index contributed by atoms with van der Waals surface area (Å²) < 4.78 is 13.8. The lowest BCUT2D eigenvalue weighted by molar-refractivity contribution is 0.0989. The molecule has 27 heavy (non-hydrogen) atoms. The summed E-state index contributed by atoms with van der Waals surface area (Å²) in [5.41, 5.74) is 3.56. The Kier molecular flexibility index (Phi) is 4.27. The highest BCUT2D eigenvalue weighted by atomic mass is 19.1. The third-order valence-electron chi connectivity index (χ3n) is 4.53. The van der Waals surface area contributed by atoms with Crippen molar-refractivity contribution in [1.29, 1.82) is 5.26 Å². The van der Waals surface area contributed by atoms with Crippen LogP contribution in [-0.4, -0.2) is 17.4 Å². The number of hydrogen-bond acceptors (Lipinski definition) is 4. The molecule has 1 aliphatic heterocycles. The summed E-state index contributed by atoms with van der Waals surface area (Å²) in [4.78, 5) is 18.4. The molecule has 1 aliphatic rings. The summed E-state index contributed by atoms with van der Waals surface area (Å²) in [6.07, 6.45) is 3.92. The lowest BCUT2D eigenvalue weighted by atomic mass is 10.1. The molecule has 6 heteroatoms. The maximum absolute atomic E-state index is 13.8. The molecule has 2 aromatic carbocycles. The monoisotopic (exact) mass is 358 g/mol. The second kappa shape index (κ2) is 6.89. The number of nitrogens with one attached hydrogen (secondary N) is 1. The van der Waals surface area contributed by atoms with Gasteiger partial charge in [-0.1, -0.05) is 6.07 Å². The van der Waals surface area contributed by atoms with Gasteiger partial charge in [-0.2, -0.15) is 5.26 Å². The van der Waals surface area contributed by atoms with Gasteiger partial charge in [0.25, 0.3) is 5.91 Å². The molecule has 0 saturated heterocycles. The van der Waals surface area contributed by atoms with Crippen LogP contribution in [0.4, 0.5) is 21.5 Å². The van der Waals surface area contributed by atoms with Crippen molar-refractivity contribution in [2.45, 2.75) is 6.42 Å². The molecule has 2 heterocycles. The number of nitrogens with zero attached hydrogens (tertiary/aromatic N) is 3. The van der Waals surface area contributed by atoms with Crippen LogP contribution >= 0.6 is 0 Å². The Morgan fingerprint density at radius 3 is 2.89 bits per heavy atom. The van der Waals surface area contributed by atoms with Gasteiger partial charge in [0.2, 0.25) is 0 Å². The number of hydrogen-bond donors (Lipinski definition) is 1. The number of aromatic nitrogens is 1. The number of anilines is 3. The summed E-state index contributed by atoms with van der Waals surface area (Å²) in [7, 11) is 0. The van der Waals surface area contributed by atoms with E-state index < -0.39 is 5.82 Å². The first kappa shape index (κ1) is 16.7. The van der Waals surface area contributed by atoms with E-state index in [1.54, 1.807) is 41.6 Å². The van der Waals surface area contributed by atoms with Gasteiger partial charge in [0.1, 0.15) is 17.4 Å². The summed E-state index contributed by atoms with van der Waals surface area (Å²) in [6, 6.07) is 15.5. The Morgan fingerprint density at radius 2 is 2.11 bits per heavy atom. The first-order valence-electron chi connectivity index (χ1n) is 8.48. The molecule has 0 radical (unpaired) electrons. The highest BCUT2D eigenvalue weighted by Gasteiger charge is 2.26. The van der Waals surface area contributed by atoms with Gasteiger partial charge in [0, 0.05) is 30.3 Å². The Balaban J connectivity index is 1.60. The first-order valence-corrected chi connectivity index (χ1v) is 8.48. The van der Waals surface area contributed by atoms with E-state index >= 15 is 0 Å². The van der Waals surface area contributed by atoms with Crippen LogP contribution < -0.4 is 10.2 Å². The van der Waals surface area contributed by atoms with E-state index in [2.05, 4.69) is 10.3 Å². The van der Waals surface area contributed by atoms with Crippen LogP contribution in [0.25, 0.3) is 0 Å². The average Bonchev–Trinajstić information content (AvgIpc) is 3.11. The molecule has 5 nitrogen and oxygen atoms in total. The molecule has 0 unspecified atom stereocenters. The van der Waals surface area contributed by atoms with Crippen molar-refractivity contribution < 1.29 is 9.18 Å². The minimum Gasteiger partial charge on any atom is -0.354 e. The molecule has 0 bridgehead atoms. The lowest BCUT2D eigenvalue weighted by Crippen LogP contribution is -2.28. The van der Waals surface area contributed by atoms with Crippen LogP contribution in [0.2, 0.25) is 0 Å². The van der Waals surface area contributed by atoms with Gasteiger partial charge in [0.15, 0.2) is 0 Å². The minimum atomic E-state index is -0.558. The Morgan fingerprint density at radius 1 is 1.22 bits per heavy atom. The van der Waals surface area contributed by atoms with Gasteiger partial charge in [0.05, 0.1) is 11.3 Å². The molecule has 132 valence electrons. The molecule has 1 N–H and O–H groups in total. The fraction of sp³-hybridized carbons (Fsp3) is 0.0952. The van der Waals surface area contributed by atoms with E-state index in [1.807, 2.05) is 24.3 Å². The molecule has 0 spiro atoms. The smallest absolute Gasteiger partial charge is 0.259 e. The normalized spacial score (nSPS) is 12.4. The van der Waals surface area contributed by atoms with Gasteiger partial charge >= 0.3 is 0 Å². The van der Waals surface area contributed by atoms with Gasteiger partial charge in [-0.25, -0.2) is 4.39 Å². The summed E-state index contributed by atoms with van der Waals surface area (Å²) in [5, 5.41) is 12.3. The molecular weight excluding hydrogens is 343 g/mol. The van der Waals surface area contributed by atoms with Gasteiger partial charge < -0.3 is 10.2 Å². The van der Waals surface area contributed by atoms with Crippen LogP contribution in [0.15, 0.2) is 60.9 Å². The van der Waals surface area contributed by atoms with E-state index in [0.29, 0.717) is 17.8 Å². The van der Waals surface area contributed by atoms with E-state index in [1.165, 1.54) is 6.07 Å². The third-order valence-corrected chi connectivity index (χ3v) is 4.53. The molecule has 0 fully saturated rings. The zero-order chi connectivity index (χ0) is 18.8. The van der Waals surface area contributed by atoms with Crippen LogP contribution in [0.3, 0.4) is 0 Å². The zero-order valence-electron chi connectivity index (χ0n) is 14.3. The van der Waals surface area contributed by atoms with E-state index in [9.17, 15) is 9.18 Å². The number of benzene rings is 2. The highest BCUT2D eigenvalue weighted by Crippen LogP contribution is 2.33. The van der Waals surface area contributed by atoms with Crippen molar-refractivity contribution in [3.63, 3.8) is 0 Å². The number of nitriles is 1. The van der Waals surface area contributed by atoms with E-state index in [0.717, 1.165) is 23.4 Å². The summed E-state index contributed by atoms with van der Waals surface area (Å²) >= 11 is 0. The van der Waals surface area contributed by atoms with E-state index in [-0.39, 0.29) is 11.5 Å². The number of carbonyl (C=O) groups excluding carboxylic acids is 1. The fourth-order valence-electron chi connectivity index (χ4n) is 3.23. The molecule has 0 saturated carbocycles. The zero-order valence-corrected chi connectivity index (χ0v) is 14.3. The fourth-order valence-corrected chi connectivity index (χ4v) is 3.23. The van der Waals surface area contributed by atoms with Crippen molar-refractivity contribution in [3.05, 3.63) is 83.4 Å². The number of fused-ring (bicyclic) bond motifs is 1. The Bertz CT molecular complexity index is 1060. The van der Waals surface area contributed by atoms with Gasteiger partial charge in [-0.05, 0) is 54.4 Å². The van der Waals surface area contributed by atoms with Gasteiger partial charge in [-0.15, -0.1) is 0 Å². The van der Waals surface area contributed by atoms with E-state index in [4.69, 9.17) is 5.26 Å². The Hall–Kier alpha value is -3.72. The number of carbonyl (C=O) groups is 1. The van der Waals surface area contributed by atoms with Crippen LogP contribution in [0.5, 0.6) is 0 Å². The van der Waals surface area contributed by atoms with Gasteiger partial charge in [-0.3, -0.25) is 9.78 Å². The second-order valence-electron chi connectivity index (χ2n) is 6.19. The molecule has 1 amide bonds. The number of halogens is 1. The average molecular weight is 358 g/mol. The maximum atomic E-state index is 13.8. The van der Waals surface area contributed by atoms with Crippen LogP contribution in [0.1, 0.15) is 21.5 Å². The van der Waals surface area contributed by atoms with Crippen LogP contribution in [0, 0.1) is 17.1 Å². The SMILES string of the molecule is N#Cc1c(F)cccc1Nc1ccc2c(c1)CCN2C(=O)c1cccnc1. The first-order chi connectivity index (χ1) is 13.2. The quantitative estimate of drug-likeness (QED) is 0.767. The molecule has 0 aliphatic carbocycles. The van der Waals surface area contributed by atoms with Crippen molar-refractivity contribution in [1.82, 2.24) is 4.98 Å². The minimum absolute atomic E-state index is 0.0219. The van der Waals surface area contributed by atoms with Crippen molar-refractivity contribution in [3.8, 4) is 6.07 Å². The second-order valence-corrected chi connectivity index (χ2v) is 6.19. The van der Waals surface area contributed by atoms with Crippen molar-refractivity contribution >= 4 is 23.0 Å². The standard InChI is InChI=1S/C21H15FN4O/c22-18-4-1-5-19(17(18)12-23)25-16-6-7-20-14(11-16)8-10-26(20)21(27)15-3-2-9-24-13-15/h1-7,9,11,13,25H,8,10H2. The number of amides is 1. The predicted octanol–water partition coefficient (Wildman–Crippen LogP) is 4.04. The Labute approximate surface area is 155 Å². The van der Waals surface area contributed by atoms with Crippen LogP contribution in [-0.2, 0) is 6.42 Å². The molecular formula is C21H15FN4O. The van der Waals surface area contributed by atoms with Crippen molar-refractivity contribution in [2.24, 2.45) is 0 Å².